The zero-order valence-corrected chi connectivity index (χ0v) is 13.0. The summed E-state index contributed by atoms with van der Waals surface area (Å²) in [5.41, 5.74) is 2.36. The normalized spacial score (nSPS) is 20.8. The van der Waals surface area contributed by atoms with Gasteiger partial charge in [-0.2, -0.15) is 0 Å². The largest absolute Gasteiger partial charge is 0.387 e. The molecule has 0 spiro atoms. The second kappa shape index (κ2) is 7.21. The molecule has 0 amide bonds. The van der Waals surface area contributed by atoms with Gasteiger partial charge in [0.05, 0.1) is 6.10 Å². The Morgan fingerprint density at radius 1 is 1.05 bits per heavy atom. The van der Waals surface area contributed by atoms with Crippen LogP contribution in [0.2, 0.25) is 0 Å². The first-order valence-electron chi connectivity index (χ1n) is 7.89. The molecule has 0 saturated carbocycles. The van der Waals surface area contributed by atoms with Gasteiger partial charge in [-0.3, -0.25) is 4.90 Å². The van der Waals surface area contributed by atoms with Crippen LogP contribution in [0.5, 0.6) is 0 Å². The standard InChI is InChI=1S/C17H28N2O/c1-4-15-6-8-16(9-7-15)17(20)14(3)19-12-10-18(5-2)11-13-19/h6-9,14,17,20H,4-5,10-13H2,1-3H3. The number of nitrogens with zero attached hydrogens (tertiary/aromatic N) is 2. The quantitative estimate of drug-likeness (QED) is 0.894. The topological polar surface area (TPSA) is 26.7 Å². The lowest BCUT2D eigenvalue weighted by molar-refractivity contribution is 0.0274. The number of aryl methyl sites for hydroxylation is 1. The molecule has 3 heteroatoms. The first-order valence-corrected chi connectivity index (χ1v) is 7.89. The maximum absolute atomic E-state index is 10.6. The van der Waals surface area contributed by atoms with Crippen molar-refractivity contribution in [2.75, 3.05) is 32.7 Å². The Kier molecular flexibility index (Phi) is 5.58. The Hall–Kier alpha value is -0.900. The van der Waals surface area contributed by atoms with E-state index in [0.717, 1.165) is 44.7 Å². The molecule has 0 radical (unpaired) electrons. The van der Waals surface area contributed by atoms with Gasteiger partial charge in [-0.25, -0.2) is 0 Å². The van der Waals surface area contributed by atoms with Crippen molar-refractivity contribution in [2.45, 2.75) is 39.3 Å². The van der Waals surface area contributed by atoms with E-state index >= 15 is 0 Å². The SMILES string of the molecule is CCc1ccc(C(O)C(C)N2CCN(CC)CC2)cc1. The average Bonchev–Trinajstić information content (AvgIpc) is 2.53. The lowest BCUT2D eigenvalue weighted by atomic mass is 10.00. The molecular weight excluding hydrogens is 248 g/mol. The van der Waals surface area contributed by atoms with Gasteiger partial charge in [-0.05, 0) is 31.0 Å². The number of rotatable bonds is 5. The minimum Gasteiger partial charge on any atom is -0.387 e. The summed E-state index contributed by atoms with van der Waals surface area (Å²) in [5.74, 6) is 0. The molecule has 1 aliphatic heterocycles. The van der Waals surface area contributed by atoms with Crippen LogP contribution in [0.15, 0.2) is 24.3 Å². The van der Waals surface area contributed by atoms with E-state index in [1.165, 1.54) is 5.56 Å². The molecule has 3 nitrogen and oxygen atoms in total. The first-order chi connectivity index (χ1) is 9.65. The fraction of sp³-hybridized carbons (Fsp3) is 0.647. The molecule has 0 bridgehead atoms. The fourth-order valence-corrected chi connectivity index (χ4v) is 2.92. The summed E-state index contributed by atoms with van der Waals surface area (Å²) in [4.78, 5) is 4.87. The van der Waals surface area contributed by atoms with Gasteiger partial charge < -0.3 is 10.0 Å². The monoisotopic (exact) mass is 276 g/mol. The van der Waals surface area contributed by atoms with Crippen molar-refractivity contribution in [2.24, 2.45) is 0 Å². The molecule has 2 unspecified atom stereocenters. The highest BCUT2D eigenvalue weighted by molar-refractivity contribution is 5.25. The maximum atomic E-state index is 10.6. The van der Waals surface area contributed by atoms with E-state index in [1.807, 2.05) is 0 Å². The van der Waals surface area contributed by atoms with Gasteiger partial charge in [0, 0.05) is 32.2 Å². The highest BCUT2D eigenvalue weighted by Crippen LogP contribution is 2.22. The Balaban J connectivity index is 1.95. The zero-order chi connectivity index (χ0) is 14.5. The van der Waals surface area contributed by atoms with Crippen LogP contribution in [-0.4, -0.2) is 53.7 Å². The minimum absolute atomic E-state index is 0.182. The molecular formula is C17H28N2O. The van der Waals surface area contributed by atoms with Crippen LogP contribution < -0.4 is 0 Å². The van der Waals surface area contributed by atoms with Crippen molar-refractivity contribution >= 4 is 0 Å². The lowest BCUT2D eigenvalue weighted by Gasteiger charge is -2.39. The lowest BCUT2D eigenvalue weighted by Crippen LogP contribution is -2.50. The summed E-state index contributed by atoms with van der Waals surface area (Å²) < 4.78 is 0. The van der Waals surface area contributed by atoms with E-state index in [9.17, 15) is 5.11 Å². The summed E-state index contributed by atoms with van der Waals surface area (Å²) in [5, 5.41) is 10.6. The number of aliphatic hydroxyl groups excluding tert-OH is 1. The molecule has 20 heavy (non-hydrogen) atoms. The van der Waals surface area contributed by atoms with Gasteiger partial charge >= 0.3 is 0 Å². The third-order valence-electron chi connectivity index (χ3n) is 4.62. The molecule has 1 aromatic rings. The first kappa shape index (κ1) is 15.5. The van der Waals surface area contributed by atoms with Crippen LogP contribution in [-0.2, 0) is 6.42 Å². The molecule has 0 aromatic heterocycles. The third kappa shape index (κ3) is 3.60. The maximum Gasteiger partial charge on any atom is 0.0942 e. The van der Waals surface area contributed by atoms with Crippen LogP contribution in [0.25, 0.3) is 0 Å². The number of likely N-dealkylation sites (N-methyl/N-ethyl adjacent to an activating group) is 1. The molecule has 1 heterocycles. The predicted octanol–water partition coefficient (Wildman–Crippen LogP) is 2.31. The van der Waals surface area contributed by atoms with E-state index in [1.54, 1.807) is 0 Å². The van der Waals surface area contributed by atoms with Crippen molar-refractivity contribution in [3.05, 3.63) is 35.4 Å². The second-order valence-electron chi connectivity index (χ2n) is 5.75. The number of benzene rings is 1. The summed E-state index contributed by atoms with van der Waals surface area (Å²) in [7, 11) is 0. The number of hydrogen-bond donors (Lipinski definition) is 1. The summed E-state index contributed by atoms with van der Waals surface area (Å²) in [6.07, 6.45) is 0.652. The van der Waals surface area contributed by atoms with Crippen molar-refractivity contribution in [3.8, 4) is 0 Å². The minimum atomic E-state index is -0.394. The summed E-state index contributed by atoms with van der Waals surface area (Å²) in [6.45, 7) is 12.0. The smallest absolute Gasteiger partial charge is 0.0942 e. The highest BCUT2D eigenvalue weighted by Gasteiger charge is 2.26. The van der Waals surface area contributed by atoms with Gasteiger partial charge in [0.2, 0.25) is 0 Å². The molecule has 2 rings (SSSR count). The Morgan fingerprint density at radius 2 is 1.65 bits per heavy atom. The molecule has 0 aliphatic carbocycles. The summed E-state index contributed by atoms with van der Waals surface area (Å²) in [6, 6.07) is 8.58. The Labute approximate surface area is 123 Å². The molecule has 1 aliphatic rings. The number of aliphatic hydroxyl groups is 1. The molecule has 2 atom stereocenters. The van der Waals surface area contributed by atoms with Crippen molar-refractivity contribution < 1.29 is 5.11 Å². The van der Waals surface area contributed by atoms with E-state index in [4.69, 9.17) is 0 Å². The Bertz CT molecular complexity index is 396. The van der Waals surface area contributed by atoms with Gasteiger partial charge in [-0.1, -0.05) is 38.1 Å². The third-order valence-corrected chi connectivity index (χ3v) is 4.62. The van der Waals surface area contributed by atoms with Crippen molar-refractivity contribution in [1.82, 2.24) is 9.80 Å². The zero-order valence-electron chi connectivity index (χ0n) is 13.0. The van der Waals surface area contributed by atoms with Crippen molar-refractivity contribution in [1.29, 1.82) is 0 Å². The van der Waals surface area contributed by atoms with Gasteiger partial charge in [0.25, 0.3) is 0 Å². The molecule has 1 aromatic carbocycles. The highest BCUT2D eigenvalue weighted by atomic mass is 16.3. The van der Waals surface area contributed by atoms with Crippen LogP contribution >= 0.6 is 0 Å². The van der Waals surface area contributed by atoms with E-state index in [2.05, 4.69) is 54.8 Å². The van der Waals surface area contributed by atoms with E-state index < -0.39 is 6.10 Å². The van der Waals surface area contributed by atoms with Crippen molar-refractivity contribution in [3.63, 3.8) is 0 Å². The average molecular weight is 276 g/mol. The van der Waals surface area contributed by atoms with Crippen LogP contribution in [0.1, 0.15) is 38.0 Å². The van der Waals surface area contributed by atoms with Crippen LogP contribution in [0, 0.1) is 0 Å². The number of piperazine rings is 1. The molecule has 1 fully saturated rings. The van der Waals surface area contributed by atoms with Crippen LogP contribution in [0.3, 0.4) is 0 Å². The van der Waals surface area contributed by atoms with Gasteiger partial charge in [-0.15, -0.1) is 0 Å². The molecule has 1 saturated heterocycles. The van der Waals surface area contributed by atoms with E-state index in [-0.39, 0.29) is 6.04 Å². The van der Waals surface area contributed by atoms with E-state index in [0.29, 0.717) is 0 Å². The number of hydrogen-bond acceptors (Lipinski definition) is 3. The van der Waals surface area contributed by atoms with Gasteiger partial charge in [0.15, 0.2) is 0 Å². The second-order valence-corrected chi connectivity index (χ2v) is 5.75. The van der Waals surface area contributed by atoms with Crippen LogP contribution in [0.4, 0.5) is 0 Å². The molecule has 1 N–H and O–H groups in total. The summed E-state index contributed by atoms with van der Waals surface area (Å²) >= 11 is 0. The fourth-order valence-electron chi connectivity index (χ4n) is 2.92. The molecule has 112 valence electrons. The predicted molar refractivity (Wildman–Crippen MR) is 83.9 cm³/mol. The Morgan fingerprint density at radius 3 is 2.15 bits per heavy atom. The van der Waals surface area contributed by atoms with Gasteiger partial charge in [0.1, 0.15) is 0 Å².